The van der Waals surface area contributed by atoms with Gasteiger partial charge in [-0.1, -0.05) is 35.1 Å². The highest BCUT2D eigenvalue weighted by Crippen LogP contribution is 2.16. The molecule has 19 heavy (non-hydrogen) atoms. The van der Waals surface area contributed by atoms with Crippen LogP contribution in [0.15, 0.2) is 29.4 Å². The molecule has 0 saturated heterocycles. The summed E-state index contributed by atoms with van der Waals surface area (Å²) in [5, 5.41) is 3.22. The van der Waals surface area contributed by atoms with Crippen molar-refractivity contribution in [2.45, 2.75) is 13.8 Å². The maximum Gasteiger partial charge on any atom is 0.331 e. The Morgan fingerprint density at radius 2 is 1.68 bits per heavy atom. The third kappa shape index (κ3) is 4.03. The van der Waals surface area contributed by atoms with E-state index in [2.05, 4.69) is 9.99 Å². The first-order valence-electron chi connectivity index (χ1n) is 5.41. The molecule has 0 aliphatic rings. The second-order valence-corrected chi connectivity index (χ2v) is 4.40. The lowest BCUT2D eigenvalue weighted by Crippen LogP contribution is -2.15. The second-order valence-electron chi connectivity index (χ2n) is 3.63. The van der Waals surface area contributed by atoms with E-state index in [1.807, 2.05) is 0 Å². The summed E-state index contributed by atoms with van der Waals surface area (Å²) in [7, 11) is 0. The Morgan fingerprint density at radius 3 is 2.21 bits per heavy atom. The molecule has 100 valence electrons. The van der Waals surface area contributed by atoms with E-state index >= 15 is 0 Å². The van der Waals surface area contributed by atoms with Crippen molar-refractivity contribution in [1.29, 1.82) is 0 Å². The summed E-state index contributed by atoms with van der Waals surface area (Å²) in [6.07, 6.45) is 1.64. The fourth-order valence-electron chi connectivity index (χ4n) is 1.34. The van der Waals surface area contributed by atoms with Crippen molar-refractivity contribution in [3.05, 3.63) is 35.4 Å². The molecule has 1 rings (SSSR count). The van der Waals surface area contributed by atoms with Crippen molar-refractivity contribution in [3.63, 3.8) is 0 Å². The van der Waals surface area contributed by atoms with Gasteiger partial charge in [-0.25, -0.2) is 4.79 Å². The summed E-state index contributed by atoms with van der Waals surface area (Å²) < 4.78 is 0. The van der Waals surface area contributed by atoms with Crippen LogP contribution in [0.1, 0.15) is 34.6 Å². The third-order valence-electron chi connectivity index (χ3n) is 2.22. The SMILES string of the molecule is CSC(=O)c1ccccc1C(=O)/C(C)=N/OC(C)=O. The summed E-state index contributed by atoms with van der Waals surface area (Å²) >= 11 is 1.02. The maximum atomic E-state index is 12.1. The van der Waals surface area contributed by atoms with Gasteiger partial charge in [0.25, 0.3) is 0 Å². The number of thioether (sulfide) groups is 1. The van der Waals surface area contributed by atoms with Crippen LogP contribution in [0, 0.1) is 0 Å². The van der Waals surface area contributed by atoms with E-state index in [9.17, 15) is 14.4 Å². The molecule has 0 fully saturated rings. The number of oxime groups is 1. The summed E-state index contributed by atoms with van der Waals surface area (Å²) in [5.41, 5.74) is 0.573. The van der Waals surface area contributed by atoms with Gasteiger partial charge in [-0.3, -0.25) is 9.59 Å². The lowest BCUT2D eigenvalue weighted by atomic mass is 10.0. The molecule has 0 spiro atoms. The number of carbonyl (C=O) groups excluding carboxylic acids is 3. The Bertz CT molecular complexity index is 551. The molecule has 0 atom stereocenters. The topological polar surface area (TPSA) is 72.8 Å². The van der Waals surface area contributed by atoms with Gasteiger partial charge in [-0.05, 0) is 19.2 Å². The minimum absolute atomic E-state index is 0.0107. The normalized spacial score (nSPS) is 11.0. The predicted molar refractivity (Wildman–Crippen MR) is 73.5 cm³/mol. The Kier molecular flexibility index (Phi) is 5.44. The van der Waals surface area contributed by atoms with Crippen LogP contribution >= 0.6 is 11.8 Å². The van der Waals surface area contributed by atoms with Crippen LogP contribution in [0.2, 0.25) is 0 Å². The predicted octanol–water partition coefficient (Wildman–Crippen LogP) is 2.31. The van der Waals surface area contributed by atoms with Gasteiger partial charge in [-0.15, -0.1) is 0 Å². The molecule has 0 unspecified atom stereocenters. The highest BCUT2D eigenvalue weighted by atomic mass is 32.2. The summed E-state index contributed by atoms with van der Waals surface area (Å²) in [5.74, 6) is -1.06. The standard InChI is InChI=1S/C13H13NO4S/c1-8(14-18-9(2)15)12(16)10-6-4-5-7-11(10)13(17)19-3/h4-7H,1-3H3/b14-8+. The molecule has 0 heterocycles. The Balaban J connectivity index is 3.09. The fourth-order valence-corrected chi connectivity index (χ4v) is 1.74. The van der Waals surface area contributed by atoms with E-state index in [-0.39, 0.29) is 16.4 Å². The lowest BCUT2D eigenvalue weighted by molar-refractivity contribution is -0.140. The monoisotopic (exact) mass is 279 g/mol. The van der Waals surface area contributed by atoms with Crippen molar-refractivity contribution in [1.82, 2.24) is 0 Å². The summed E-state index contributed by atoms with van der Waals surface area (Å²) in [6, 6.07) is 6.45. The largest absolute Gasteiger partial charge is 0.331 e. The molecule has 1 aromatic carbocycles. The van der Waals surface area contributed by atoms with Crippen LogP contribution in [-0.4, -0.2) is 28.8 Å². The van der Waals surface area contributed by atoms with Gasteiger partial charge in [0.2, 0.25) is 10.9 Å². The molecule has 0 radical (unpaired) electrons. The number of hydrogen-bond donors (Lipinski definition) is 0. The number of ketones is 1. The number of rotatable bonds is 4. The van der Waals surface area contributed by atoms with Gasteiger partial charge < -0.3 is 4.84 Å². The number of Topliss-reactive ketones (excluding diaryl/α,β-unsaturated/α-hetero) is 1. The van der Waals surface area contributed by atoms with Crippen molar-refractivity contribution >= 4 is 34.3 Å². The number of benzene rings is 1. The number of nitrogens with zero attached hydrogens (tertiary/aromatic N) is 1. The van der Waals surface area contributed by atoms with Crippen LogP contribution in [0.4, 0.5) is 0 Å². The molecule has 6 heteroatoms. The molecule has 0 amide bonds. The molecule has 1 aromatic rings. The van der Waals surface area contributed by atoms with Crippen LogP contribution in [0.3, 0.4) is 0 Å². The minimum atomic E-state index is -0.611. The van der Waals surface area contributed by atoms with Gasteiger partial charge in [0.1, 0.15) is 5.71 Å². The molecular weight excluding hydrogens is 266 g/mol. The van der Waals surface area contributed by atoms with E-state index in [0.717, 1.165) is 11.8 Å². The third-order valence-corrected chi connectivity index (χ3v) is 2.81. The van der Waals surface area contributed by atoms with E-state index in [1.54, 1.807) is 30.5 Å². The molecule has 5 nitrogen and oxygen atoms in total. The smallest absolute Gasteiger partial charge is 0.318 e. The van der Waals surface area contributed by atoms with E-state index in [4.69, 9.17) is 0 Å². The zero-order valence-electron chi connectivity index (χ0n) is 10.8. The van der Waals surface area contributed by atoms with Gasteiger partial charge in [-0.2, -0.15) is 0 Å². The average molecular weight is 279 g/mol. The zero-order valence-corrected chi connectivity index (χ0v) is 11.6. The fraction of sp³-hybridized carbons (Fsp3) is 0.231. The average Bonchev–Trinajstić information content (AvgIpc) is 2.42. The van der Waals surface area contributed by atoms with Crippen molar-refractivity contribution in [3.8, 4) is 0 Å². The van der Waals surface area contributed by atoms with Gasteiger partial charge in [0, 0.05) is 18.1 Å². The molecule has 0 saturated carbocycles. The Morgan fingerprint density at radius 1 is 1.11 bits per heavy atom. The number of carbonyl (C=O) groups is 3. The lowest BCUT2D eigenvalue weighted by Gasteiger charge is -2.05. The number of hydrogen-bond acceptors (Lipinski definition) is 6. The Labute approximate surface area is 115 Å². The van der Waals surface area contributed by atoms with Crippen LogP contribution in [0.5, 0.6) is 0 Å². The minimum Gasteiger partial charge on any atom is -0.318 e. The zero-order chi connectivity index (χ0) is 14.4. The maximum absolute atomic E-state index is 12.1. The molecule has 0 aliphatic heterocycles. The molecular formula is C13H13NO4S. The van der Waals surface area contributed by atoms with Crippen molar-refractivity contribution in [2.24, 2.45) is 5.16 Å². The van der Waals surface area contributed by atoms with E-state index in [0.29, 0.717) is 5.56 Å². The first-order valence-corrected chi connectivity index (χ1v) is 6.64. The highest BCUT2D eigenvalue weighted by Gasteiger charge is 2.18. The van der Waals surface area contributed by atoms with Crippen molar-refractivity contribution < 1.29 is 19.2 Å². The van der Waals surface area contributed by atoms with Crippen LogP contribution in [-0.2, 0) is 9.63 Å². The van der Waals surface area contributed by atoms with Crippen LogP contribution < -0.4 is 0 Å². The molecule has 0 aromatic heterocycles. The molecule has 0 aliphatic carbocycles. The quantitative estimate of drug-likeness (QED) is 0.366. The van der Waals surface area contributed by atoms with Gasteiger partial charge >= 0.3 is 5.97 Å². The summed E-state index contributed by atoms with van der Waals surface area (Å²) in [4.78, 5) is 38.9. The first-order chi connectivity index (χ1) is 8.97. The Hall–Kier alpha value is -1.95. The van der Waals surface area contributed by atoms with E-state index < -0.39 is 11.8 Å². The highest BCUT2D eigenvalue weighted by molar-refractivity contribution is 8.13. The van der Waals surface area contributed by atoms with E-state index in [1.165, 1.54) is 13.8 Å². The summed E-state index contributed by atoms with van der Waals surface area (Å²) in [6.45, 7) is 2.61. The van der Waals surface area contributed by atoms with Gasteiger partial charge in [0.15, 0.2) is 0 Å². The first kappa shape index (κ1) is 15.1. The van der Waals surface area contributed by atoms with Crippen molar-refractivity contribution in [2.75, 3.05) is 6.26 Å². The van der Waals surface area contributed by atoms with Gasteiger partial charge in [0.05, 0.1) is 0 Å². The molecule has 0 N–H and O–H groups in total. The molecule has 0 bridgehead atoms. The second kappa shape index (κ2) is 6.84. The van der Waals surface area contributed by atoms with Crippen LogP contribution in [0.25, 0.3) is 0 Å².